The van der Waals surface area contributed by atoms with Crippen molar-refractivity contribution in [2.75, 3.05) is 43.7 Å². The van der Waals surface area contributed by atoms with Crippen molar-refractivity contribution in [2.24, 2.45) is 5.92 Å². The molecule has 5 rings (SSSR count). The lowest BCUT2D eigenvalue weighted by atomic mass is 9.94. The van der Waals surface area contributed by atoms with Crippen LogP contribution in [-0.4, -0.2) is 79.2 Å². The molecule has 2 saturated heterocycles. The summed E-state index contributed by atoms with van der Waals surface area (Å²) in [5.74, 6) is 1.82. The maximum atomic E-state index is 12.9. The Morgan fingerprint density at radius 2 is 1.74 bits per heavy atom. The van der Waals surface area contributed by atoms with Gasteiger partial charge in [0.1, 0.15) is 0 Å². The molecule has 0 saturated carbocycles. The van der Waals surface area contributed by atoms with Crippen molar-refractivity contribution < 1.29 is 22.5 Å². The lowest BCUT2D eigenvalue weighted by Gasteiger charge is -2.38. The van der Waals surface area contributed by atoms with Crippen LogP contribution in [0.3, 0.4) is 0 Å². The highest BCUT2D eigenvalue weighted by Gasteiger charge is 2.31. The molecule has 11 nitrogen and oxygen atoms in total. The number of likely N-dealkylation sites (tertiary alicyclic amines) is 2. The van der Waals surface area contributed by atoms with Gasteiger partial charge >= 0.3 is 0 Å². The number of hydrogen-bond acceptors (Lipinski definition) is 8. The average Bonchev–Trinajstić information content (AvgIpc) is 3.42. The number of hydrogen-bond donors (Lipinski definition) is 2. The van der Waals surface area contributed by atoms with Crippen molar-refractivity contribution in [3.8, 4) is 0 Å². The third-order valence-corrected chi connectivity index (χ3v) is 8.79. The first-order valence-electron chi connectivity index (χ1n) is 14.8. The number of benzene rings is 2. The summed E-state index contributed by atoms with van der Waals surface area (Å²) in [4.78, 5) is 33.2. The lowest BCUT2D eigenvalue weighted by molar-refractivity contribution is -0.137. The predicted molar refractivity (Wildman–Crippen MR) is 163 cm³/mol. The Morgan fingerprint density at radius 3 is 2.40 bits per heavy atom. The van der Waals surface area contributed by atoms with Crippen LogP contribution in [0.4, 0.5) is 5.69 Å². The van der Waals surface area contributed by atoms with E-state index < -0.39 is 10.0 Å². The quantitative estimate of drug-likeness (QED) is 0.320. The molecule has 230 valence electrons. The topological polar surface area (TPSA) is 138 Å². The van der Waals surface area contributed by atoms with Crippen LogP contribution in [-0.2, 0) is 26.0 Å². The molecule has 2 amide bonds. The van der Waals surface area contributed by atoms with E-state index in [-0.39, 0.29) is 29.7 Å². The van der Waals surface area contributed by atoms with Gasteiger partial charge in [-0.15, -0.1) is 0 Å². The monoisotopic (exact) mass is 608 g/mol. The summed E-state index contributed by atoms with van der Waals surface area (Å²) in [6, 6.07) is 17.2. The van der Waals surface area contributed by atoms with Crippen LogP contribution in [0.1, 0.15) is 67.4 Å². The van der Waals surface area contributed by atoms with Gasteiger partial charge in [-0.1, -0.05) is 47.6 Å². The molecule has 1 atom stereocenters. The SMILES string of the molecule is CC(=O)N1CC(CC(=O)N[C@@H](CCN2CCC(c3nc(Cc4ccc(NS(C)(=O)=O)cc4)no3)CC2)c2ccccc2)C1. The summed E-state index contributed by atoms with van der Waals surface area (Å²) < 4.78 is 30.9. The molecular formula is C31H40N6O5S. The van der Waals surface area contributed by atoms with Gasteiger partial charge in [0.15, 0.2) is 5.82 Å². The highest BCUT2D eigenvalue weighted by atomic mass is 32.2. The minimum absolute atomic E-state index is 0.0366. The first-order chi connectivity index (χ1) is 20.6. The van der Waals surface area contributed by atoms with Crippen LogP contribution < -0.4 is 10.0 Å². The summed E-state index contributed by atoms with van der Waals surface area (Å²) in [5, 5.41) is 7.43. The molecule has 2 aliphatic heterocycles. The van der Waals surface area contributed by atoms with Crippen LogP contribution in [0.25, 0.3) is 0 Å². The zero-order chi connectivity index (χ0) is 30.4. The molecule has 2 aromatic carbocycles. The Balaban J connectivity index is 1.08. The van der Waals surface area contributed by atoms with Gasteiger partial charge in [0, 0.05) is 56.9 Å². The molecule has 43 heavy (non-hydrogen) atoms. The average molecular weight is 609 g/mol. The van der Waals surface area contributed by atoms with Crippen molar-refractivity contribution in [1.29, 1.82) is 0 Å². The standard InChI is InChI=1S/C31H40N6O5S/c1-22(38)37-20-24(21-37)19-30(39)32-28(25-6-4-3-5-7-25)14-17-36-15-12-26(13-16-36)31-33-29(34-42-31)18-23-8-10-27(11-9-23)35-43(2,40)41/h3-11,24,26,28,35H,12-21H2,1-2H3,(H,32,39)/t28-/m0/s1. The van der Waals surface area contributed by atoms with E-state index in [1.807, 2.05) is 30.3 Å². The maximum Gasteiger partial charge on any atom is 0.229 e. The second-order valence-electron chi connectivity index (χ2n) is 11.7. The summed E-state index contributed by atoms with van der Waals surface area (Å²) >= 11 is 0. The van der Waals surface area contributed by atoms with Gasteiger partial charge in [0.05, 0.1) is 12.3 Å². The Labute approximate surface area is 253 Å². The Hall–Kier alpha value is -3.77. The lowest BCUT2D eigenvalue weighted by Crippen LogP contribution is -2.50. The molecule has 2 fully saturated rings. The minimum Gasteiger partial charge on any atom is -0.349 e. The Morgan fingerprint density at radius 1 is 1.05 bits per heavy atom. The van der Waals surface area contributed by atoms with Crippen molar-refractivity contribution in [2.45, 2.75) is 51.0 Å². The van der Waals surface area contributed by atoms with E-state index in [9.17, 15) is 18.0 Å². The molecule has 0 radical (unpaired) electrons. The molecule has 12 heteroatoms. The Bertz CT molecular complexity index is 1480. The van der Waals surface area contributed by atoms with Crippen molar-refractivity contribution in [1.82, 2.24) is 25.3 Å². The fourth-order valence-electron chi connectivity index (χ4n) is 5.79. The predicted octanol–water partition coefficient (Wildman–Crippen LogP) is 3.33. The number of carbonyl (C=O) groups is 2. The molecule has 1 aromatic heterocycles. The van der Waals surface area contributed by atoms with Gasteiger partial charge in [0.2, 0.25) is 27.7 Å². The molecule has 0 aliphatic carbocycles. The van der Waals surface area contributed by atoms with E-state index in [2.05, 4.69) is 37.2 Å². The van der Waals surface area contributed by atoms with Gasteiger partial charge in [0.25, 0.3) is 0 Å². The fourth-order valence-corrected chi connectivity index (χ4v) is 6.35. The van der Waals surface area contributed by atoms with Crippen molar-refractivity contribution >= 4 is 27.5 Å². The number of nitrogens with zero attached hydrogens (tertiary/aromatic N) is 4. The second-order valence-corrected chi connectivity index (χ2v) is 13.5. The van der Waals surface area contributed by atoms with Crippen molar-refractivity contribution in [3.05, 3.63) is 77.4 Å². The third-order valence-electron chi connectivity index (χ3n) is 8.19. The fraction of sp³-hybridized carbons (Fsp3) is 0.484. The number of piperidine rings is 1. The largest absolute Gasteiger partial charge is 0.349 e. The number of sulfonamides is 1. The van der Waals surface area contributed by atoms with Crippen LogP contribution in [0.15, 0.2) is 59.1 Å². The maximum absolute atomic E-state index is 12.9. The van der Waals surface area contributed by atoms with E-state index in [0.29, 0.717) is 43.3 Å². The number of nitrogens with one attached hydrogen (secondary N) is 2. The first kappa shape index (κ1) is 30.7. The van der Waals surface area contributed by atoms with E-state index >= 15 is 0 Å². The van der Waals surface area contributed by atoms with Gasteiger partial charge in [-0.2, -0.15) is 4.98 Å². The molecule has 0 unspecified atom stereocenters. The number of rotatable bonds is 12. The summed E-state index contributed by atoms with van der Waals surface area (Å²) in [5.41, 5.74) is 2.58. The summed E-state index contributed by atoms with van der Waals surface area (Å²) in [6.07, 6.45) is 4.72. The van der Waals surface area contributed by atoms with E-state index in [1.165, 1.54) is 0 Å². The zero-order valence-corrected chi connectivity index (χ0v) is 25.6. The molecular weight excluding hydrogens is 568 g/mol. The number of anilines is 1. The van der Waals surface area contributed by atoms with E-state index in [1.54, 1.807) is 24.0 Å². The van der Waals surface area contributed by atoms with Gasteiger partial charge < -0.3 is 19.6 Å². The van der Waals surface area contributed by atoms with Crippen LogP contribution >= 0.6 is 0 Å². The van der Waals surface area contributed by atoms with Crippen LogP contribution in [0.2, 0.25) is 0 Å². The van der Waals surface area contributed by atoms with Gasteiger partial charge in [-0.3, -0.25) is 14.3 Å². The van der Waals surface area contributed by atoms with Gasteiger partial charge in [-0.25, -0.2) is 8.42 Å². The van der Waals surface area contributed by atoms with E-state index in [0.717, 1.165) is 56.3 Å². The molecule has 3 aromatic rings. The molecule has 2 aliphatic rings. The smallest absolute Gasteiger partial charge is 0.229 e. The molecule has 3 heterocycles. The van der Waals surface area contributed by atoms with Crippen LogP contribution in [0.5, 0.6) is 0 Å². The van der Waals surface area contributed by atoms with Crippen molar-refractivity contribution in [3.63, 3.8) is 0 Å². The van der Waals surface area contributed by atoms with E-state index in [4.69, 9.17) is 4.52 Å². The number of aromatic nitrogens is 2. The Kier molecular flexibility index (Phi) is 9.76. The zero-order valence-electron chi connectivity index (χ0n) is 24.7. The molecule has 0 bridgehead atoms. The molecule has 2 N–H and O–H groups in total. The molecule has 0 spiro atoms. The third kappa shape index (κ3) is 8.87. The highest BCUT2D eigenvalue weighted by molar-refractivity contribution is 7.92. The second kappa shape index (κ2) is 13.7. The van der Waals surface area contributed by atoms with Gasteiger partial charge in [-0.05, 0) is 55.6 Å². The highest BCUT2D eigenvalue weighted by Crippen LogP contribution is 2.28. The first-order valence-corrected chi connectivity index (χ1v) is 16.7. The summed E-state index contributed by atoms with van der Waals surface area (Å²) in [7, 11) is -3.31. The van der Waals surface area contributed by atoms with Crippen LogP contribution in [0, 0.1) is 5.92 Å². The normalized spacial score (nSPS) is 17.3. The minimum atomic E-state index is -3.31. The number of amides is 2. The summed E-state index contributed by atoms with van der Waals surface area (Å²) in [6.45, 7) is 5.58. The number of carbonyl (C=O) groups excluding carboxylic acids is 2.